The molecule has 7 unspecified atom stereocenters. The SMILES string of the molecule is O=C1OC(=O)C2CC(NN3CCC4C(O)OC(O)C4C3)CCC12. The van der Waals surface area contributed by atoms with Crippen LogP contribution in [0, 0.1) is 23.7 Å². The number of aliphatic hydroxyl groups excluding tert-OH is 2. The first kappa shape index (κ1) is 15.5. The molecule has 23 heavy (non-hydrogen) atoms. The quantitative estimate of drug-likeness (QED) is 0.436. The molecule has 8 heteroatoms. The van der Waals surface area contributed by atoms with Crippen molar-refractivity contribution in [1.29, 1.82) is 0 Å². The predicted octanol–water partition coefficient (Wildman–Crippen LogP) is -1.04. The molecule has 0 spiro atoms. The second-order valence-electron chi connectivity index (χ2n) is 7.07. The molecule has 3 heterocycles. The molecule has 1 aliphatic carbocycles. The van der Waals surface area contributed by atoms with Crippen LogP contribution in [0.5, 0.6) is 0 Å². The van der Waals surface area contributed by atoms with Gasteiger partial charge in [-0.3, -0.25) is 15.0 Å². The number of carbonyl (C=O) groups excluding carboxylic acids is 2. The van der Waals surface area contributed by atoms with Crippen LogP contribution in [0.2, 0.25) is 0 Å². The Bertz CT molecular complexity index is 514. The lowest BCUT2D eigenvalue weighted by Gasteiger charge is -2.39. The molecule has 4 fully saturated rings. The summed E-state index contributed by atoms with van der Waals surface area (Å²) in [6.45, 7) is 1.35. The van der Waals surface area contributed by atoms with Crippen molar-refractivity contribution in [2.24, 2.45) is 23.7 Å². The van der Waals surface area contributed by atoms with Gasteiger partial charge in [0, 0.05) is 31.0 Å². The summed E-state index contributed by atoms with van der Waals surface area (Å²) in [5.74, 6) is -1.51. The van der Waals surface area contributed by atoms with Crippen LogP contribution in [-0.2, 0) is 19.1 Å². The van der Waals surface area contributed by atoms with Crippen molar-refractivity contribution in [2.45, 2.75) is 44.3 Å². The summed E-state index contributed by atoms with van der Waals surface area (Å²) in [6.07, 6.45) is 1.01. The van der Waals surface area contributed by atoms with Crippen LogP contribution in [0.1, 0.15) is 25.7 Å². The Morgan fingerprint density at radius 2 is 1.74 bits per heavy atom. The van der Waals surface area contributed by atoms with Crippen LogP contribution >= 0.6 is 0 Å². The summed E-state index contributed by atoms with van der Waals surface area (Å²) >= 11 is 0. The number of nitrogens with one attached hydrogen (secondary N) is 1. The number of rotatable bonds is 2. The second kappa shape index (κ2) is 5.78. The van der Waals surface area contributed by atoms with Gasteiger partial charge in [-0.1, -0.05) is 0 Å². The summed E-state index contributed by atoms with van der Waals surface area (Å²) in [5.41, 5.74) is 3.42. The van der Waals surface area contributed by atoms with Crippen molar-refractivity contribution in [2.75, 3.05) is 13.1 Å². The highest BCUT2D eigenvalue weighted by molar-refractivity contribution is 5.96. The van der Waals surface area contributed by atoms with Gasteiger partial charge in [-0.2, -0.15) is 0 Å². The van der Waals surface area contributed by atoms with E-state index in [0.717, 1.165) is 19.4 Å². The molecule has 4 rings (SSSR count). The minimum Gasteiger partial charge on any atom is -0.393 e. The topological polar surface area (TPSA) is 108 Å². The molecule has 0 amide bonds. The fourth-order valence-electron chi connectivity index (χ4n) is 4.46. The zero-order valence-electron chi connectivity index (χ0n) is 12.8. The van der Waals surface area contributed by atoms with Crippen molar-refractivity contribution in [3.63, 3.8) is 0 Å². The number of fused-ring (bicyclic) bond motifs is 2. The molecule has 0 aromatic heterocycles. The van der Waals surface area contributed by atoms with E-state index in [-0.39, 0.29) is 35.7 Å². The minimum absolute atomic E-state index is 0.0267. The summed E-state index contributed by atoms with van der Waals surface area (Å²) < 4.78 is 9.82. The van der Waals surface area contributed by atoms with Gasteiger partial charge in [-0.05, 0) is 25.7 Å². The Morgan fingerprint density at radius 3 is 2.57 bits per heavy atom. The van der Waals surface area contributed by atoms with E-state index in [2.05, 4.69) is 5.43 Å². The largest absolute Gasteiger partial charge is 0.393 e. The first-order valence-electron chi connectivity index (χ1n) is 8.31. The van der Waals surface area contributed by atoms with E-state index >= 15 is 0 Å². The van der Waals surface area contributed by atoms with Crippen LogP contribution in [0.15, 0.2) is 0 Å². The summed E-state index contributed by atoms with van der Waals surface area (Å²) in [7, 11) is 0. The molecule has 8 nitrogen and oxygen atoms in total. The molecular formula is C15H22N2O6. The maximum atomic E-state index is 11.7. The predicted molar refractivity (Wildman–Crippen MR) is 75.1 cm³/mol. The number of nitrogens with zero attached hydrogens (tertiary/aromatic N) is 1. The van der Waals surface area contributed by atoms with E-state index in [0.29, 0.717) is 19.4 Å². The van der Waals surface area contributed by atoms with E-state index in [1.54, 1.807) is 0 Å². The molecule has 0 aromatic rings. The number of piperidine rings is 1. The van der Waals surface area contributed by atoms with Crippen molar-refractivity contribution in [3.05, 3.63) is 0 Å². The second-order valence-corrected chi connectivity index (χ2v) is 7.07. The highest BCUT2D eigenvalue weighted by atomic mass is 16.7. The number of ether oxygens (including phenoxy) is 2. The molecular weight excluding hydrogens is 304 g/mol. The van der Waals surface area contributed by atoms with Crippen molar-refractivity contribution in [3.8, 4) is 0 Å². The van der Waals surface area contributed by atoms with E-state index < -0.39 is 18.5 Å². The summed E-state index contributed by atoms with van der Waals surface area (Å²) in [4.78, 5) is 23.3. The number of aliphatic hydroxyl groups is 2. The zero-order valence-corrected chi connectivity index (χ0v) is 12.8. The molecule has 3 N–H and O–H groups in total. The van der Waals surface area contributed by atoms with Crippen LogP contribution in [0.25, 0.3) is 0 Å². The first-order valence-corrected chi connectivity index (χ1v) is 8.31. The molecule has 7 atom stereocenters. The Labute approximate surface area is 133 Å². The maximum Gasteiger partial charge on any atom is 0.317 e. The number of hydrogen-bond acceptors (Lipinski definition) is 8. The van der Waals surface area contributed by atoms with E-state index in [1.165, 1.54) is 0 Å². The molecule has 4 aliphatic rings. The normalized spacial score (nSPS) is 47.3. The lowest BCUT2D eigenvalue weighted by Crippen LogP contribution is -2.54. The molecule has 128 valence electrons. The van der Waals surface area contributed by atoms with Crippen molar-refractivity contribution >= 4 is 11.9 Å². The molecule has 1 saturated carbocycles. The van der Waals surface area contributed by atoms with Gasteiger partial charge in [0.05, 0.1) is 11.8 Å². The Hall–Kier alpha value is -1.06. The molecule has 0 aromatic carbocycles. The zero-order chi connectivity index (χ0) is 16.1. The third-order valence-corrected chi connectivity index (χ3v) is 5.75. The van der Waals surface area contributed by atoms with Gasteiger partial charge in [0.15, 0.2) is 12.6 Å². The Morgan fingerprint density at radius 1 is 1.00 bits per heavy atom. The molecule has 0 radical (unpaired) electrons. The average molecular weight is 326 g/mol. The number of cyclic esters (lactones) is 2. The van der Waals surface area contributed by atoms with Crippen LogP contribution in [0.3, 0.4) is 0 Å². The van der Waals surface area contributed by atoms with Crippen molar-refractivity contribution < 1.29 is 29.3 Å². The van der Waals surface area contributed by atoms with E-state index in [1.807, 2.05) is 5.01 Å². The van der Waals surface area contributed by atoms with Gasteiger partial charge in [0.2, 0.25) is 0 Å². The average Bonchev–Trinajstić information content (AvgIpc) is 2.96. The van der Waals surface area contributed by atoms with Gasteiger partial charge < -0.3 is 19.7 Å². The van der Waals surface area contributed by atoms with Gasteiger partial charge >= 0.3 is 11.9 Å². The fraction of sp³-hybridized carbons (Fsp3) is 0.867. The maximum absolute atomic E-state index is 11.7. The summed E-state index contributed by atoms with van der Waals surface area (Å²) in [6, 6.07) is 0.121. The van der Waals surface area contributed by atoms with Crippen LogP contribution in [0.4, 0.5) is 0 Å². The standard InChI is InChI=1S/C15H22N2O6/c18-12-8-2-1-7(5-10(8)14(20)22-12)16-17-4-3-9-11(6-17)15(21)23-13(9)19/h7-11,13,15-16,19,21H,1-6H2. The highest BCUT2D eigenvalue weighted by Gasteiger charge is 2.49. The third kappa shape index (κ3) is 2.68. The van der Waals surface area contributed by atoms with E-state index in [4.69, 9.17) is 9.47 Å². The van der Waals surface area contributed by atoms with Gasteiger partial charge in [-0.15, -0.1) is 0 Å². The van der Waals surface area contributed by atoms with E-state index in [9.17, 15) is 19.8 Å². The van der Waals surface area contributed by atoms with Crippen LogP contribution in [-0.4, -0.2) is 58.9 Å². The third-order valence-electron chi connectivity index (χ3n) is 5.75. The first-order chi connectivity index (χ1) is 11.0. The van der Waals surface area contributed by atoms with Crippen molar-refractivity contribution in [1.82, 2.24) is 10.4 Å². The lowest BCUT2D eigenvalue weighted by atomic mass is 9.78. The fourth-order valence-corrected chi connectivity index (χ4v) is 4.46. The molecule has 3 aliphatic heterocycles. The number of hydrogen-bond donors (Lipinski definition) is 3. The van der Waals surface area contributed by atoms with Gasteiger partial charge in [-0.25, -0.2) is 5.01 Å². The molecule has 3 saturated heterocycles. The number of carbonyl (C=O) groups is 2. The monoisotopic (exact) mass is 326 g/mol. The van der Waals surface area contributed by atoms with Crippen LogP contribution < -0.4 is 5.43 Å². The Kier molecular flexibility index (Phi) is 3.89. The molecule has 0 bridgehead atoms. The summed E-state index contributed by atoms with van der Waals surface area (Å²) in [5, 5.41) is 21.7. The van der Waals surface area contributed by atoms with Gasteiger partial charge in [0.1, 0.15) is 0 Å². The lowest BCUT2D eigenvalue weighted by molar-refractivity contribution is -0.172. The smallest absolute Gasteiger partial charge is 0.317 e. The Balaban J connectivity index is 1.35. The highest BCUT2D eigenvalue weighted by Crippen LogP contribution is 2.38. The van der Waals surface area contributed by atoms with Gasteiger partial charge in [0.25, 0.3) is 0 Å². The number of hydrazine groups is 1. The minimum atomic E-state index is -0.933. The number of esters is 2.